The van der Waals surface area contributed by atoms with Crippen LogP contribution in [0.15, 0.2) is 158 Å². The van der Waals surface area contributed by atoms with E-state index in [2.05, 4.69) is 21.3 Å². The summed E-state index contributed by atoms with van der Waals surface area (Å²) < 4.78 is 0. The van der Waals surface area contributed by atoms with Crippen LogP contribution < -0.4 is 21.3 Å². The van der Waals surface area contributed by atoms with Gasteiger partial charge in [0.05, 0.1) is 12.1 Å². The molecule has 4 N–H and O–H groups in total. The highest BCUT2D eigenvalue weighted by atomic mass is 16.2. The molecule has 0 aromatic heterocycles. The Morgan fingerprint density at radius 2 is 0.855 bits per heavy atom. The molecule has 0 unspecified atom stereocenters. The van der Waals surface area contributed by atoms with Gasteiger partial charge in [0.25, 0.3) is 11.8 Å². The lowest BCUT2D eigenvalue weighted by atomic mass is 10.0. The third-order valence-corrected chi connectivity index (χ3v) is 15.1. The zero-order chi connectivity index (χ0) is 53.6. The van der Waals surface area contributed by atoms with Crippen molar-refractivity contribution in [1.82, 2.24) is 40.9 Å². The molecule has 0 spiro atoms. The molecule has 8 rings (SSSR count). The fraction of sp³-hybridized carbons (Fsp3) is 0.355. The summed E-state index contributed by atoms with van der Waals surface area (Å²) in [6.07, 6.45) is 4.18. The van der Waals surface area contributed by atoms with Gasteiger partial charge in [-0.3, -0.25) is 28.8 Å². The molecule has 2 heterocycles. The Morgan fingerprint density at radius 1 is 0.500 bits per heavy atom. The monoisotopic (exact) mass is 1020 g/mol. The molecule has 6 atom stereocenters. The van der Waals surface area contributed by atoms with E-state index < -0.39 is 24.2 Å². The van der Waals surface area contributed by atoms with Gasteiger partial charge in [0.2, 0.25) is 23.6 Å². The van der Waals surface area contributed by atoms with Crippen LogP contribution in [-0.4, -0.2) is 133 Å². The minimum Gasteiger partial charge on any atom is -0.339 e. The fourth-order valence-corrected chi connectivity index (χ4v) is 10.4. The van der Waals surface area contributed by atoms with Gasteiger partial charge in [-0.2, -0.15) is 0 Å². The van der Waals surface area contributed by atoms with Crippen molar-refractivity contribution in [3.63, 3.8) is 0 Å². The van der Waals surface area contributed by atoms with Gasteiger partial charge in [0, 0.05) is 62.5 Å². The lowest BCUT2D eigenvalue weighted by Gasteiger charge is -2.34. The van der Waals surface area contributed by atoms with Gasteiger partial charge in [-0.05, 0) is 124 Å². The van der Waals surface area contributed by atoms with Gasteiger partial charge in [-0.25, -0.2) is 0 Å². The largest absolute Gasteiger partial charge is 0.339 e. The van der Waals surface area contributed by atoms with Gasteiger partial charge in [-0.15, -0.1) is 0 Å². The zero-order valence-corrected chi connectivity index (χ0v) is 44.2. The number of benzene rings is 6. The molecule has 14 nitrogen and oxygen atoms in total. The molecule has 6 aromatic rings. The second-order valence-electron chi connectivity index (χ2n) is 20.1. The number of rotatable bonds is 22. The van der Waals surface area contributed by atoms with Crippen molar-refractivity contribution in [1.29, 1.82) is 0 Å². The van der Waals surface area contributed by atoms with Gasteiger partial charge in [0.15, 0.2) is 0 Å². The number of carbonyl (C=O) groups is 6. The Morgan fingerprint density at radius 3 is 1.21 bits per heavy atom. The Hall–Kier alpha value is -7.68. The highest BCUT2D eigenvalue weighted by Crippen LogP contribution is 2.29. The second kappa shape index (κ2) is 26.2. The first-order valence-electron chi connectivity index (χ1n) is 26.8. The molecule has 76 heavy (non-hydrogen) atoms. The highest BCUT2D eigenvalue weighted by molar-refractivity contribution is 6.02. The Labute approximate surface area is 447 Å². The summed E-state index contributed by atoms with van der Waals surface area (Å²) in [5.74, 6) is -1.31. The van der Waals surface area contributed by atoms with Crippen LogP contribution in [0.1, 0.15) is 94.6 Å². The second-order valence-corrected chi connectivity index (χ2v) is 20.1. The molecular formula is C62H72N8O6. The molecule has 2 aliphatic rings. The number of carbonyl (C=O) groups excluding carboxylic acids is 6. The van der Waals surface area contributed by atoms with E-state index in [9.17, 15) is 28.8 Å². The summed E-state index contributed by atoms with van der Waals surface area (Å²) in [4.78, 5) is 92.6. The molecule has 2 fully saturated rings. The van der Waals surface area contributed by atoms with Gasteiger partial charge >= 0.3 is 0 Å². The molecular weight excluding hydrogens is 953 g/mol. The quantitative estimate of drug-likeness (QED) is 0.0559. The Kier molecular flexibility index (Phi) is 18.8. The predicted octanol–water partition coefficient (Wildman–Crippen LogP) is 7.12. The van der Waals surface area contributed by atoms with Crippen LogP contribution in [0.3, 0.4) is 0 Å². The maximum absolute atomic E-state index is 14.8. The first-order chi connectivity index (χ1) is 36.9. The molecule has 0 radical (unpaired) electrons. The highest BCUT2D eigenvalue weighted by Gasteiger charge is 2.39. The van der Waals surface area contributed by atoms with Crippen molar-refractivity contribution >= 4 is 46.2 Å². The topological polar surface area (TPSA) is 163 Å². The molecule has 6 aromatic carbocycles. The first-order valence-corrected chi connectivity index (χ1v) is 26.8. The van der Waals surface area contributed by atoms with E-state index in [1.165, 1.54) is 0 Å². The molecule has 0 saturated carbocycles. The van der Waals surface area contributed by atoms with E-state index in [-0.39, 0.29) is 47.5 Å². The number of amides is 6. The SMILES string of the molecule is CN[C@@H](C)C(=O)N[C@H](C(=O)N1CCC[C@@H]1CN(CCc1ccccc1)C(=O)c1ccc2cc(C(=O)N(CCc3ccccc3)C[C@@H]3CCCN3C(=O)[C@@H](NC(=O)[C@H](C)NC)c3ccccc3)ccc2c1)c1ccccc1. The van der Waals surface area contributed by atoms with Crippen molar-refractivity contribution in [2.45, 2.75) is 88.6 Å². The lowest BCUT2D eigenvalue weighted by molar-refractivity contribution is -0.138. The minimum atomic E-state index is -0.890. The van der Waals surface area contributed by atoms with E-state index in [0.717, 1.165) is 34.7 Å². The lowest BCUT2D eigenvalue weighted by Crippen LogP contribution is -2.51. The van der Waals surface area contributed by atoms with Crippen LogP contribution in [0.2, 0.25) is 0 Å². The van der Waals surface area contributed by atoms with Crippen LogP contribution in [-0.2, 0) is 32.0 Å². The molecule has 2 aliphatic heterocycles. The molecule has 14 heteroatoms. The molecule has 6 amide bonds. The van der Waals surface area contributed by atoms with E-state index >= 15 is 0 Å². The normalized spacial score (nSPS) is 16.8. The number of likely N-dealkylation sites (tertiary alicyclic amines) is 2. The average Bonchev–Trinajstić information content (AvgIpc) is 4.15. The van der Waals surface area contributed by atoms with Crippen LogP contribution >= 0.6 is 0 Å². The molecule has 0 aliphatic carbocycles. The summed E-state index contributed by atoms with van der Waals surface area (Å²) >= 11 is 0. The molecule has 396 valence electrons. The number of nitrogens with zero attached hydrogens (tertiary/aromatic N) is 4. The smallest absolute Gasteiger partial charge is 0.253 e. The third-order valence-electron chi connectivity index (χ3n) is 15.1. The fourth-order valence-electron chi connectivity index (χ4n) is 10.4. The van der Waals surface area contributed by atoms with E-state index in [0.29, 0.717) is 87.2 Å². The van der Waals surface area contributed by atoms with E-state index in [4.69, 9.17) is 0 Å². The van der Waals surface area contributed by atoms with Crippen molar-refractivity contribution in [3.05, 3.63) is 191 Å². The Balaban J connectivity index is 1.03. The van der Waals surface area contributed by atoms with Gasteiger partial charge in [-0.1, -0.05) is 133 Å². The number of hydrogen-bond acceptors (Lipinski definition) is 8. The average molecular weight is 1030 g/mol. The number of likely N-dealkylation sites (N-methyl/N-ethyl adjacent to an activating group) is 2. The zero-order valence-electron chi connectivity index (χ0n) is 44.2. The van der Waals surface area contributed by atoms with Crippen LogP contribution in [0.25, 0.3) is 10.8 Å². The van der Waals surface area contributed by atoms with Crippen molar-refractivity contribution in [3.8, 4) is 0 Å². The maximum atomic E-state index is 14.8. The number of hydrogen-bond donors (Lipinski definition) is 4. The first kappa shape index (κ1) is 54.6. The summed E-state index contributed by atoms with van der Waals surface area (Å²) in [5, 5.41) is 13.5. The van der Waals surface area contributed by atoms with Crippen LogP contribution in [0.4, 0.5) is 0 Å². The van der Waals surface area contributed by atoms with Crippen molar-refractivity contribution in [2.24, 2.45) is 0 Å². The minimum absolute atomic E-state index is 0.165. The maximum Gasteiger partial charge on any atom is 0.253 e. The van der Waals surface area contributed by atoms with Crippen LogP contribution in [0, 0.1) is 0 Å². The van der Waals surface area contributed by atoms with E-state index in [1.54, 1.807) is 27.9 Å². The summed E-state index contributed by atoms with van der Waals surface area (Å²) in [5.41, 5.74) is 4.54. The van der Waals surface area contributed by atoms with Crippen molar-refractivity contribution < 1.29 is 28.8 Å². The summed E-state index contributed by atoms with van der Waals surface area (Å²) in [6, 6.07) is 46.4. The molecule has 0 bridgehead atoms. The predicted molar refractivity (Wildman–Crippen MR) is 297 cm³/mol. The number of fused-ring (bicyclic) bond motifs is 1. The van der Waals surface area contributed by atoms with Crippen molar-refractivity contribution in [2.75, 3.05) is 53.4 Å². The van der Waals surface area contributed by atoms with Gasteiger partial charge < -0.3 is 40.9 Å². The third kappa shape index (κ3) is 13.6. The van der Waals surface area contributed by atoms with Crippen LogP contribution in [0.5, 0.6) is 0 Å². The number of nitrogens with one attached hydrogen (secondary N) is 4. The van der Waals surface area contributed by atoms with Gasteiger partial charge in [0.1, 0.15) is 12.1 Å². The van der Waals surface area contributed by atoms with E-state index in [1.807, 2.05) is 177 Å². The Bertz CT molecular complexity index is 2730. The summed E-state index contributed by atoms with van der Waals surface area (Å²) in [6.45, 7) is 5.98. The standard InChI is InChI=1S/C62H72N8O6/c1-43(63-3)57(71)65-55(47-23-13-7-14-24-47)61(75)69-35-17-27-53(69)41-67(37-33-45-19-9-5-10-20-45)59(73)51-31-29-50-40-52(32-30-49(50)39-51)60(74)68(38-34-46-21-11-6-12-22-46)42-54-28-18-36-70(54)62(76)56(48-25-15-8-16-26-48)66-58(72)44(2)64-4/h5-16,19-26,29-32,39-40,43-44,53-56,63-64H,17-18,27-28,33-38,41-42H2,1-4H3,(H,65,71)(H,66,72)/t43-,44-,53-,54+,55-,56-/m0/s1. The summed E-state index contributed by atoms with van der Waals surface area (Å²) in [7, 11) is 3.41. The molecule has 2 saturated heterocycles.